The number of hydrogen-bond acceptors (Lipinski definition) is 1. The largest absolute Gasteiger partial charge is 0.392 e. The maximum absolute atomic E-state index is 8.90. The summed E-state index contributed by atoms with van der Waals surface area (Å²) in [6.07, 6.45) is 0. The van der Waals surface area contributed by atoms with Crippen LogP contribution in [0.4, 0.5) is 0 Å². The molecular formula is C17H24O. The first kappa shape index (κ1) is 16.4. The van der Waals surface area contributed by atoms with Crippen molar-refractivity contribution in [2.45, 2.75) is 34.3 Å². The molecule has 2 rings (SSSR count). The molecule has 0 amide bonds. The van der Waals surface area contributed by atoms with E-state index in [9.17, 15) is 0 Å². The Morgan fingerprint density at radius 1 is 0.667 bits per heavy atom. The van der Waals surface area contributed by atoms with Gasteiger partial charge in [0.1, 0.15) is 0 Å². The van der Waals surface area contributed by atoms with E-state index in [4.69, 9.17) is 5.11 Å². The second-order valence-electron chi connectivity index (χ2n) is 3.22. The van der Waals surface area contributed by atoms with Gasteiger partial charge in [-0.15, -0.1) is 0 Å². The molecule has 0 saturated heterocycles. The summed E-state index contributed by atoms with van der Waals surface area (Å²) in [5.74, 6) is 0. The van der Waals surface area contributed by atoms with Gasteiger partial charge in [-0.25, -0.2) is 0 Å². The lowest BCUT2D eigenvalue weighted by Gasteiger charge is -2.01. The van der Waals surface area contributed by atoms with Crippen molar-refractivity contribution in [1.29, 1.82) is 0 Å². The van der Waals surface area contributed by atoms with Crippen LogP contribution in [0.5, 0.6) is 0 Å². The molecule has 2 aromatic carbocycles. The Labute approximate surface area is 111 Å². The summed E-state index contributed by atoms with van der Waals surface area (Å²) in [4.78, 5) is 0. The van der Waals surface area contributed by atoms with Gasteiger partial charge in [0, 0.05) is 0 Å². The molecule has 0 fully saturated rings. The second-order valence-corrected chi connectivity index (χ2v) is 3.22. The Hall–Kier alpha value is -1.60. The molecule has 1 nitrogen and oxygen atoms in total. The number of aliphatic hydroxyl groups excluding tert-OH is 1. The molecule has 0 aliphatic heterocycles. The first-order valence-electron chi connectivity index (χ1n) is 6.65. The van der Waals surface area contributed by atoms with Gasteiger partial charge >= 0.3 is 0 Å². The van der Waals surface area contributed by atoms with E-state index in [0.29, 0.717) is 0 Å². The molecule has 0 saturated carbocycles. The highest BCUT2D eigenvalue weighted by molar-refractivity contribution is 5.63. The van der Waals surface area contributed by atoms with Gasteiger partial charge in [-0.05, 0) is 16.7 Å². The van der Waals surface area contributed by atoms with E-state index >= 15 is 0 Å². The van der Waals surface area contributed by atoms with Crippen LogP contribution in [0.25, 0.3) is 11.1 Å². The molecule has 0 bridgehead atoms. The maximum Gasteiger partial charge on any atom is 0.0681 e. The minimum atomic E-state index is 0.106. The number of benzene rings is 2. The molecule has 98 valence electrons. The zero-order chi connectivity index (χ0) is 13.8. The molecule has 1 N–H and O–H groups in total. The molecule has 2 aromatic rings. The van der Waals surface area contributed by atoms with Gasteiger partial charge < -0.3 is 5.11 Å². The molecule has 0 spiro atoms. The van der Waals surface area contributed by atoms with Gasteiger partial charge in [-0.3, -0.25) is 0 Å². The lowest BCUT2D eigenvalue weighted by Crippen LogP contribution is -1.82. The van der Waals surface area contributed by atoms with E-state index in [1.165, 1.54) is 11.1 Å². The Morgan fingerprint density at radius 2 is 1.11 bits per heavy atom. The SMILES string of the molecule is CC.CC.OCc1ccc(-c2ccccc2)cc1. The number of hydrogen-bond donors (Lipinski definition) is 1. The topological polar surface area (TPSA) is 20.2 Å². The van der Waals surface area contributed by atoms with Crippen molar-refractivity contribution >= 4 is 0 Å². The van der Waals surface area contributed by atoms with Crippen molar-refractivity contribution < 1.29 is 5.11 Å². The van der Waals surface area contributed by atoms with Crippen LogP contribution in [0.1, 0.15) is 33.3 Å². The molecule has 0 unspecified atom stereocenters. The van der Waals surface area contributed by atoms with Gasteiger partial charge in [-0.1, -0.05) is 82.3 Å². The fraction of sp³-hybridized carbons (Fsp3) is 0.294. The average molecular weight is 244 g/mol. The third-order valence-corrected chi connectivity index (χ3v) is 2.24. The monoisotopic (exact) mass is 244 g/mol. The summed E-state index contributed by atoms with van der Waals surface area (Å²) >= 11 is 0. The fourth-order valence-corrected chi connectivity index (χ4v) is 1.43. The first-order valence-corrected chi connectivity index (χ1v) is 6.65. The van der Waals surface area contributed by atoms with E-state index in [-0.39, 0.29) is 6.61 Å². The summed E-state index contributed by atoms with van der Waals surface area (Å²) in [7, 11) is 0. The molecule has 0 atom stereocenters. The van der Waals surface area contributed by atoms with Crippen molar-refractivity contribution in [3.63, 3.8) is 0 Å². The normalized spacial score (nSPS) is 8.50. The minimum absolute atomic E-state index is 0.106. The quantitative estimate of drug-likeness (QED) is 0.796. The van der Waals surface area contributed by atoms with Crippen molar-refractivity contribution in [3.05, 3.63) is 60.2 Å². The maximum atomic E-state index is 8.90. The summed E-state index contributed by atoms with van der Waals surface area (Å²) in [5, 5.41) is 8.90. The lowest BCUT2D eigenvalue weighted by molar-refractivity contribution is 0.282. The summed E-state index contributed by atoms with van der Waals surface area (Å²) in [5.41, 5.74) is 3.34. The molecule has 0 radical (unpaired) electrons. The van der Waals surface area contributed by atoms with Gasteiger partial charge in [0.2, 0.25) is 0 Å². The Bertz CT molecular complexity index is 390. The van der Waals surface area contributed by atoms with Gasteiger partial charge in [0.25, 0.3) is 0 Å². The molecule has 0 aliphatic carbocycles. The van der Waals surface area contributed by atoms with Crippen LogP contribution in [0, 0.1) is 0 Å². The van der Waals surface area contributed by atoms with Crippen LogP contribution in [-0.4, -0.2) is 5.11 Å². The van der Waals surface area contributed by atoms with Crippen LogP contribution >= 0.6 is 0 Å². The van der Waals surface area contributed by atoms with Gasteiger partial charge in [-0.2, -0.15) is 0 Å². The highest BCUT2D eigenvalue weighted by Gasteiger charge is 1.95. The Kier molecular flexibility index (Phi) is 9.61. The van der Waals surface area contributed by atoms with E-state index in [0.717, 1.165) is 5.56 Å². The zero-order valence-corrected chi connectivity index (χ0v) is 11.9. The van der Waals surface area contributed by atoms with Crippen molar-refractivity contribution in [2.24, 2.45) is 0 Å². The van der Waals surface area contributed by atoms with E-state index < -0.39 is 0 Å². The number of aliphatic hydroxyl groups is 1. The van der Waals surface area contributed by atoms with Crippen molar-refractivity contribution in [2.75, 3.05) is 0 Å². The smallest absolute Gasteiger partial charge is 0.0681 e. The van der Waals surface area contributed by atoms with Crippen molar-refractivity contribution in [3.8, 4) is 11.1 Å². The van der Waals surface area contributed by atoms with Crippen LogP contribution < -0.4 is 0 Å². The molecule has 18 heavy (non-hydrogen) atoms. The summed E-state index contributed by atoms with van der Waals surface area (Å²) in [6.45, 7) is 8.11. The zero-order valence-electron chi connectivity index (χ0n) is 11.9. The lowest BCUT2D eigenvalue weighted by atomic mass is 10.0. The van der Waals surface area contributed by atoms with Crippen LogP contribution in [0.15, 0.2) is 54.6 Å². The van der Waals surface area contributed by atoms with Gasteiger partial charge in [0.05, 0.1) is 6.61 Å². The predicted molar refractivity (Wildman–Crippen MR) is 80.5 cm³/mol. The van der Waals surface area contributed by atoms with Crippen LogP contribution in [0.2, 0.25) is 0 Å². The predicted octanol–water partition coefficient (Wildman–Crippen LogP) is 4.90. The van der Waals surface area contributed by atoms with Crippen LogP contribution in [0.3, 0.4) is 0 Å². The van der Waals surface area contributed by atoms with E-state index in [2.05, 4.69) is 12.1 Å². The Morgan fingerprint density at radius 3 is 1.56 bits per heavy atom. The van der Waals surface area contributed by atoms with Crippen molar-refractivity contribution in [1.82, 2.24) is 0 Å². The second kappa shape index (κ2) is 10.5. The highest BCUT2D eigenvalue weighted by Crippen LogP contribution is 2.18. The molecule has 0 aromatic heterocycles. The van der Waals surface area contributed by atoms with E-state index in [1.54, 1.807) is 0 Å². The minimum Gasteiger partial charge on any atom is -0.392 e. The summed E-state index contributed by atoms with van der Waals surface area (Å²) < 4.78 is 0. The average Bonchev–Trinajstić information content (AvgIpc) is 2.52. The summed E-state index contributed by atoms with van der Waals surface area (Å²) in [6, 6.07) is 18.2. The fourth-order valence-electron chi connectivity index (χ4n) is 1.43. The molecule has 1 heteroatoms. The Balaban J connectivity index is 0.000000659. The molecule has 0 aliphatic rings. The first-order chi connectivity index (χ1) is 8.90. The molecule has 0 heterocycles. The third-order valence-electron chi connectivity index (χ3n) is 2.24. The highest BCUT2D eigenvalue weighted by atomic mass is 16.3. The van der Waals surface area contributed by atoms with Crippen LogP contribution in [-0.2, 0) is 6.61 Å². The third kappa shape index (κ3) is 5.15. The standard InChI is InChI=1S/C13H12O.2C2H6/c14-10-11-6-8-13(9-7-11)12-4-2-1-3-5-12;2*1-2/h1-9,14H,10H2;2*1-2H3. The van der Waals surface area contributed by atoms with E-state index in [1.807, 2.05) is 70.2 Å². The number of rotatable bonds is 2. The molecular weight excluding hydrogens is 220 g/mol. The van der Waals surface area contributed by atoms with Gasteiger partial charge in [0.15, 0.2) is 0 Å².